The van der Waals surface area contributed by atoms with Gasteiger partial charge in [0, 0.05) is 10.9 Å². The molecular weight excluding hydrogens is 330 g/mol. The third-order valence-electron chi connectivity index (χ3n) is 4.86. The molecule has 0 radical (unpaired) electrons. The highest BCUT2D eigenvalue weighted by Crippen LogP contribution is 2.72. The average molecular weight is 351 g/mol. The Hall–Kier alpha value is 0.430. The van der Waals surface area contributed by atoms with E-state index >= 15 is 0 Å². The number of hydrogen-bond acceptors (Lipinski definition) is 2. The van der Waals surface area contributed by atoms with Crippen LogP contribution in [0.25, 0.3) is 0 Å². The minimum atomic E-state index is 0.378. The van der Waals surface area contributed by atoms with Crippen LogP contribution in [0.15, 0.2) is 9.85 Å². The summed E-state index contributed by atoms with van der Waals surface area (Å²) in [4.78, 5) is 1.34. The molecule has 1 heterocycles. The molecule has 4 heteroatoms. The fraction of sp³-hybridized carbons (Fsp3) is 0.714. The molecule has 1 nitrogen and oxygen atoms in total. The van der Waals surface area contributed by atoms with Crippen molar-refractivity contribution in [2.45, 2.75) is 40.7 Å². The van der Waals surface area contributed by atoms with Crippen LogP contribution in [0, 0.1) is 16.7 Å². The zero-order valence-corrected chi connectivity index (χ0v) is 14.8. The van der Waals surface area contributed by atoms with Crippen LogP contribution in [0.4, 0.5) is 0 Å². The lowest BCUT2D eigenvalue weighted by atomic mass is 10.0. The van der Waals surface area contributed by atoms with Gasteiger partial charge < -0.3 is 5.32 Å². The van der Waals surface area contributed by atoms with E-state index < -0.39 is 0 Å². The summed E-state index contributed by atoms with van der Waals surface area (Å²) >= 11 is 11.5. The first kappa shape index (κ1) is 14.8. The van der Waals surface area contributed by atoms with Crippen molar-refractivity contribution < 1.29 is 0 Å². The van der Waals surface area contributed by atoms with E-state index in [9.17, 15) is 0 Å². The number of thiophene rings is 1. The van der Waals surface area contributed by atoms with Crippen LogP contribution in [-0.2, 0) is 0 Å². The highest BCUT2D eigenvalue weighted by molar-refractivity contribution is 9.11. The Labute approximate surface area is 127 Å². The number of halogens is 2. The van der Waals surface area contributed by atoms with Gasteiger partial charge in [-0.15, -0.1) is 11.3 Å². The monoisotopic (exact) mass is 349 g/mol. The molecule has 2 rings (SSSR count). The molecule has 1 aromatic rings. The van der Waals surface area contributed by atoms with Crippen LogP contribution in [0.5, 0.6) is 0 Å². The SMILES string of the molecule is CCNC(c1cc(Cl)c(Br)s1)C1C(C)(C)C1(C)C. The van der Waals surface area contributed by atoms with Crippen LogP contribution < -0.4 is 5.32 Å². The lowest BCUT2D eigenvalue weighted by Crippen LogP contribution is -2.24. The van der Waals surface area contributed by atoms with Gasteiger partial charge in [0.1, 0.15) is 0 Å². The molecule has 0 spiro atoms. The first-order chi connectivity index (χ1) is 8.23. The molecule has 1 saturated carbocycles. The molecule has 0 aromatic carbocycles. The molecule has 1 N–H and O–H groups in total. The van der Waals surface area contributed by atoms with Crippen LogP contribution in [-0.4, -0.2) is 6.54 Å². The van der Waals surface area contributed by atoms with Crippen molar-refractivity contribution >= 4 is 38.9 Å². The zero-order chi connectivity index (χ0) is 13.7. The molecular formula is C14H21BrClNS. The minimum Gasteiger partial charge on any atom is -0.309 e. The van der Waals surface area contributed by atoms with E-state index in [-0.39, 0.29) is 0 Å². The maximum absolute atomic E-state index is 6.18. The third kappa shape index (κ3) is 2.17. The number of hydrogen-bond donors (Lipinski definition) is 1. The molecule has 0 aliphatic heterocycles. The van der Waals surface area contributed by atoms with Crippen molar-refractivity contribution in [1.29, 1.82) is 0 Å². The van der Waals surface area contributed by atoms with Gasteiger partial charge in [-0.3, -0.25) is 0 Å². The first-order valence-corrected chi connectivity index (χ1v) is 8.40. The summed E-state index contributed by atoms with van der Waals surface area (Å²) in [5.41, 5.74) is 0.756. The van der Waals surface area contributed by atoms with E-state index in [2.05, 4.69) is 61.9 Å². The van der Waals surface area contributed by atoms with Crippen molar-refractivity contribution in [2.75, 3.05) is 6.54 Å². The van der Waals surface area contributed by atoms with E-state index in [4.69, 9.17) is 11.6 Å². The quantitative estimate of drug-likeness (QED) is 0.756. The predicted molar refractivity (Wildman–Crippen MR) is 84.5 cm³/mol. The lowest BCUT2D eigenvalue weighted by molar-refractivity contribution is 0.424. The van der Waals surface area contributed by atoms with Crippen molar-refractivity contribution in [3.63, 3.8) is 0 Å². The molecule has 1 unspecified atom stereocenters. The van der Waals surface area contributed by atoms with Crippen LogP contribution in [0.1, 0.15) is 45.5 Å². The second kappa shape index (κ2) is 4.76. The summed E-state index contributed by atoms with van der Waals surface area (Å²) < 4.78 is 1.04. The number of nitrogens with one attached hydrogen (secondary N) is 1. The predicted octanol–water partition coefficient (Wildman–Crippen LogP) is 5.50. The van der Waals surface area contributed by atoms with Gasteiger partial charge in [0.05, 0.1) is 8.81 Å². The summed E-state index contributed by atoms with van der Waals surface area (Å²) in [7, 11) is 0. The standard InChI is InChI=1S/C14H21BrClNS/c1-6-17-10(9-7-8(16)12(15)18-9)11-13(2,3)14(11,4)5/h7,10-11,17H,6H2,1-5H3. The molecule has 0 saturated heterocycles. The maximum atomic E-state index is 6.18. The summed E-state index contributed by atoms with van der Waals surface area (Å²) in [6.45, 7) is 12.6. The summed E-state index contributed by atoms with van der Waals surface area (Å²) in [6.07, 6.45) is 0. The van der Waals surface area contributed by atoms with Gasteiger partial charge in [-0.2, -0.15) is 0 Å². The minimum absolute atomic E-state index is 0.378. The van der Waals surface area contributed by atoms with Gasteiger partial charge in [-0.05, 0) is 45.3 Å². The highest BCUT2D eigenvalue weighted by atomic mass is 79.9. The van der Waals surface area contributed by atoms with Gasteiger partial charge in [0.15, 0.2) is 0 Å². The van der Waals surface area contributed by atoms with E-state index in [0.717, 1.165) is 15.4 Å². The van der Waals surface area contributed by atoms with Gasteiger partial charge in [-0.25, -0.2) is 0 Å². The molecule has 0 amide bonds. The fourth-order valence-electron chi connectivity index (χ4n) is 3.20. The third-order valence-corrected chi connectivity index (χ3v) is 7.42. The van der Waals surface area contributed by atoms with Crippen molar-refractivity contribution in [3.05, 3.63) is 19.8 Å². The van der Waals surface area contributed by atoms with Crippen molar-refractivity contribution in [2.24, 2.45) is 16.7 Å². The van der Waals surface area contributed by atoms with E-state index in [0.29, 0.717) is 22.8 Å². The van der Waals surface area contributed by atoms with E-state index in [1.54, 1.807) is 11.3 Å². The highest BCUT2D eigenvalue weighted by Gasteiger charge is 2.67. The molecule has 1 aliphatic carbocycles. The largest absolute Gasteiger partial charge is 0.309 e. The molecule has 0 bridgehead atoms. The van der Waals surface area contributed by atoms with Gasteiger partial charge >= 0.3 is 0 Å². The van der Waals surface area contributed by atoms with Crippen molar-refractivity contribution in [3.8, 4) is 0 Å². The fourth-order valence-corrected chi connectivity index (χ4v) is 5.06. The number of rotatable bonds is 4. The van der Waals surface area contributed by atoms with Gasteiger partial charge in [0.25, 0.3) is 0 Å². The Bertz CT molecular complexity index is 419. The molecule has 1 fully saturated rings. The Morgan fingerprint density at radius 2 is 1.94 bits per heavy atom. The van der Waals surface area contributed by atoms with Crippen LogP contribution >= 0.6 is 38.9 Å². The second-order valence-corrected chi connectivity index (χ2v) is 9.04. The summed E-state index contributed by atoms with van der Waals surface area (Å²) in [6, 6.07) is 2.52. The van der Waals surface area contributed by atoms with E-state index in [1.165, 1.54) is 4.88 Å². The summed E-state index contributed by atoms with van der Waals surface area (Å²) in [5, 5.41) is 4.47. The summed E-state index contributed by atoms with van der Waals surface area (Å²) in [5.74, 6) is 0.659. The topological polar surface area (TPSA) is 12.0 Å². The molecule has 102 valence electrons. The normalized spacial score (nSPS) is 23.1. The maximum Gasteiger partial charge on any atom is 0.0887 e. The van der Waals surface area contributed by atoms with Gasteiger partial charge in [0.2, 0.25) is 0 Å². The van der Waals surface area contributed by atoms with Crippen LogP contribution in [0.2, 0.25) is 5.02 Å². The Morgan fingerprint density at radius 1 is 1.39 bits per heavy atom. The first-order valence-electron chi connectivity index (χ1n) is 6.41. The molecule has 18 heavy (non-hydrogen) atoms. The average Bonchev–Trinajstić information content (AvgIpc) is 2.54. The molecule has 1 aliphatic rings. The van der Waals surface area contributed by atoms with Crippen molar-refractivity contribution in [1.82, 2.24) is 5.32 Å². The Balaban J connectivity index is 2.31. The van der Waals surface area contributed by atoms with Crippen LogP contribution in [0.3, 0.4) is 0 Å². The molecule has 1 aromatic heterocycles. The second-order valence-electron chi connectivity index (χ2n) is 6.23. The smallest absolute Gasteiger partial charge is 0.0887 e. The van der Waals surface area contributed by atoms with E-state index in [1.807, 2.05) is 0 Å². The van der Waals surface area contributed by atoms with Gasteiger partial charge in [-0.1, -0.05) is 46.2 Å². The Morgan fingerprint density at radius 3 is 2.28 bits per heavy atom. The lowest BCUT2D eigenvalue weighted by Gasteiger charge is -2.18. The Kier molecular flexibility index (Phi) is 3.92. The zero-order valence-electron chi connectivity index (χ0n) is 11.6. The molecule has 1 atom stereocenters.